The average Bonchev–Trinajstić information content (AvgIpc) is 3.38. The highest BCUT2D eigenvalue weighted by molar-refractivity contribution is 6.04. The van der Waals surface area contributed by atoms with Gasteiger partial charge in [-0.05, 0) is 73.2 Å². The van der Waals surface area contributed by atoms with E-state index < -0.39 is 0 Å². The van der Waals surface area contributed by atoms with Crippen LogP contribution in [0.2, 0.25) is 0 Å². The summed E-state index contributed by atoms with van der Waals surface area (Å²) >= 11 is 0. The first-order chi connectivity index (χ1) is 16.6. The highest BCUT2D eigenvalue weighted by atomic mass is 16.5. The zero-order chi connectivity index (χ0) is 23.8. The van der Waals surface area contributed by atoms with Gasteiger partial charge in [-0.1, -0.05) is 36.4 Å². The summed E-state index contributed by atoms with van der Waals surface area (Å²) < 4.78 is 11.7. The maximum Gasteiger partial charge on any atom is 0.255 e. The monoisotopic (exact) mass is 459 g/mol. The van der Waals surface area contributed by atoms with Gasteiger partial charge in [-0.25, -0.2) is 5.01 Å². The summed E-state index contributed by atoms with van der Waals surface area (Å²) in [4.78, 5) is 12.3. The molecule has 4 rings (SSSR count). The maximum atomic E-state index is 12.3. The molecule has 0 unspecified atom stereocenters. The van der Waals surface area contributed by atoms with E-state index in [1.54, 1.807) is 19.2 Å². The van der Waals surface area contributed by atoms with Crippen molar-refractivity contribution in [3.05, 3.63) is 89.5 Å². The van der Waals surface area contributed by atoms with E-state index in [4.69, 9.17) is 9.47 Å². The summed E-state index contributed by atoms with van der Waals surface area (Å²) in [5, 5.41) is 4.99. The van der Waals surface area contributed by atoms with Crippen molar-refractivity contribution in [1.29, 1.82) is 0 Å². The first-order valence-electron chi connectivity index (χ1n) is 11.8. The number of rotatable bonds is 10. The Morgan fingerprint density at radius 2 is 1.65 bits per heavy atom. The van der Waals surface area contributed by atoms with E-state index in [2.05, 4.69) is 27.9 Å². The highest BCUT2D eigenvalue weighted by Crippen LogP contribution is 2.32. The molecule has 34 heavy (non-hydrogen) atoms. The van der Waals surface area contributed by atoms with Crippen LogP contribution in [0.1, 0.15) is 47.2 Å². The molecule has 3 aromatic rings. The molecule has 2 N–H and O–H groups in total. The molecular weight excluding hydrogens is 426 g/mol. The Morgan fingerprint density at radius 1 is 0.941 bits per heavy atom. The first kappa shape index (κ1) is 23.8. The van der Waals surface area contributed by atoms with E-state index in [-0.39, 0.29) is 5.91 Å². The number of ether oxygens (including phenoxy) is 2. The lowest BCUT2D eigenvalue weighted by atomic mass is 10.1. The van der Waals surface area contributed by atoms with Crippen LogP contribution in [0.5, 0.6) is 11.5 Å². The Hall–Kier alpha value is -3.35. The summed E-state index contributed by atoms with van der Waals surface area (Å²) in [6, 6.07) is 23.2. The van der Waals surface area contributed by atoms with Crippen LogP contribution in [0.4, 0.5) is 5.69 Å². The van der Waals surface area contributed by atoms with Gasteiger partial charge in [-0.3, -0.25) is 10.2 Å². The predicted octanol–water partition coefficient (Wildman–Crippen LogP) is 5.41. The minimum absolute atomic E-state index is 0.108. The number of methoxy groups -OCH3 is 1. The standard InChI is InChI=1S/C28H33N3O3/c1-31(20-21-12-15-24(16-13-21)30-28(32)23-8-4-3-5-9-23)29-19-22-14-17-26(33-2)27(18-22)34-25-10-6-7-11-25/h3-5,8-9,12-18,25,29H,6-7,10-11,19-20H2,1-2H3,(H,30,32). The molecule has 0 saturated heterocycles. The second-order valence-corrected chi connectivity index (χ2v) is 8.72. The Kier molecular flexibility index (Phi) is 8.17. The number of nitrogens with zero attached hydrogens (tertiary/aromatic N) is 1. The SMILES string of the molecule is COc1ccc(CNN(C)Cc2ccc(NC(=O)c3ccccc3)cc2)cc1OC1CCCC1. The van der Waals surface area contributed by atoms with Gasteiger partial charge in [-0.15, -0.1) is 0 Å². The van der Waals surface area contributed by atoms with Gasteiger partial charge in [-0.2, -0.15) is 0 Å². The number of anilines is 1. The zero-order valence-electron chi connectivity index (χ0n) is 19.9. The van der Waals surface area contributed by atoms with Crippen molar-refractivity contribution in [3.63, 3.8) is 0 Å². The van der Waals surface area contributed by atoms with Crippen LogP contribution in [0.15, 0.2) is 72.8 Å². The average molecular weight is 460 g/mol. The van der Waals surface area contributed by atoms with Crippen molar-refractivity contribution in [3.8, 4) is 11.5 Å². The van der Waals surface area contributed by atoms with Crippen molar-refractivity contribution in [2.24, 2.45) is 0 Å². The van der Waals surface area contributed by atoms with E-state index in [1.807, 2.05) is 55.6 Å². The van der Waals surface area contributed by atoms with E-state index in [1.165, 1.54) is 12.8 Å². The van der Waals surface area contributed by atoms with E-state index in [0.29, 0.717) is 18.2 Å². The molecule has 0 radical (unpaired) electrons. The topological polar surface area (TPSA) is 62.8 Å². The van der Waals surface area contributed by atoms with Crippen LogP contribution >= 0.6 is 0 Å². The molecule has 1 fully saturated rings. The third kappa shape index (κ3) is 6.59. The van der Waals surface area contributed by atoms with Gasteiger partial charge in [0.05, 0.1) is 13.2 Å². The summed E-state index contributed by atoms with van der Waals surface area (Å²) in [5.41, 5.74) is 7.15. The Labute approximate surface area is 201 Å². The molecule has 0 spiro atoms. The smallest absolute Gasteiger partial charge is 0.255 e. The molecule has 0 bridgehead atoms. The van der Waals surface area contributed by atoms with Gasteiger partial charge < -0.3 is 14.8 Å². The van der Waals surface area contributed by atoms with Crippen molar-refractivity contribution >= 4 is 11.6 Å². The molecule has 1 amide bonds. The summed E-state index contributed by atoms with van der Waals surface area (Å²) in [6.45, 7) is 1.42. The molecule has 6 heteroatoms. The lowest BCUT2D eigenvalue weighted by Crippen LogP contribution is -2.33. The van der Waals surface area contributed by atoms with Gasteiger partial charge in [0.25, 0.3) is 5.91 Å². The number of hydrazine groups is 1. The molecule has 0 aliphatic heterocycles. The summed E-state index contributed by atoms with van der Waals surface area (Å²) in [5.74, 6) is 1.50. The molecule has 0 atom stereocenters. The Bertz CT molecular complexity index is 1060. The van der Waals surface area contributed by atoms with Crippen LogP contribution in [0.3, 0.4) is 0 Å². The third-order valence-corrected chi connectivity index (χ3v) is 6.04. The molecule has 178 valence electrons. The molecule has 1 aliphatic carbocycles. The number of hydrogen-bond donors (Lipinski definition) is 2. The minimum Gasteiger partial charge on any atom is -0.493 e. The van der Waals surface area contributed by atoms with Crippen LogP contribution in [-0.2, 0) is 13.1 Å². The largest absolute Gasteiger partial charge is 0.493 e. The fourth-order valence-electron chi connectivity index (χ4n) is 4.15. The quantitative estimate of drug-likeness (QED) is 0.397. The van der Waals surface area contributed by atoms with Crippen LogP contribution < -0.4 is 20.2 Å². The van der Waals surface area contributed by atoms with Gasteiger partial charge in [0.15, 0.2) is 11.5 Å². The Balaban J connectivity index is 1.28. The summed E-state index contributed by atoms with van der Waals surface area (Å²) in [6.07, 6.45) is 4.99. The number of benzene rings is 3. The zero-order valence-corrected chi connectivity index (χ0v) is 19.9. The number of carbonyl (C=O) groups is 1. The van der Waals surface area contributed by atoms with Crippen LogP contribution in [0, 0.1) is 0 Å². The van der Waals surface area contributed by atoms with Gasteiger partial charge >= 0.3 is 0 Å². The van der Waals surface area contributed by atoms with Gasteiger partial charge in [0, 0.05) is 31.4 Å². The summed E-state index contributed by atoms with van der Waals surface area (Å²) in [7, 11) is 3.70. The molecule has 6 nitrogen and oxygen atoms in total. The first-order valence-corrected chi connectivity index (χ1v) is 11.8. The van der Waals surface area contributed by atoms with E-state index >= 15 is 0 Å². The highest BCUT2D eigenvalue weighted by Gasteiger charge is 2.18. The van der Waals surface area contributed by atoms with Crippen molar-refractivity contribution < 1.29 is 14.3 Å². The lowest BCUT2D eigenvalue weighted by Gasteiger charge is -2.20. The molecule has 0 heterocycles. The molecule has 1 saturated carbocycles. The Morgan fingerprint density at radius 3 is 2.35 bits per heavy atom. The second kappa shape index (κ2) is 11.7. The van der Waals surface area contributed by atoms with Crippen LogP contribution in [0.25, 0.3) is 0 Å². The van der Waals surface area contributed by atoms with E-state index in [9.17, 15) is 4.79 Å². The normalized spacial score (nSPS) is 13.7. The lowest BCUT2D eigenvalue weighted by molar-refractivity contribution is 0.102. The van der Waals surface area contributed by atoms with Crippen molar-refractivity contribution in [2.45, 2.75) is 44.9 Å². The number of carbonyl (C=O) groups excluding carboxylic acids is 1. The molecule has 1 aliphatic rings. The van der Waals surface area contributed by atoms with Gasteiger partial charge in [0.2, 0.25) is 0 Å². The number of amides is 1. The predicted molar refractivity (Wildman–Crippen MR) is 135 cm³/mol. The van der Waals surface area contributed by atoms with Crippen LogP contribution in [-0.4, -0.2) is 31.2 Å². The van der Waals surface area contributed by atoms with Crippen molar-refractivity contribution in [1.82, 2.24) is 10.4 Å². The molecular formula is C28H33N3O3. The van der Waals surface area contributed by atoms with Crippen molar-refractivity contribution in [2.75, 3.05) is 19.5 Å². The van der Waals surface area contributed by atoms with Gasteiger partial charge in [0.1, 0.15) is 0 Å². The molecule has 0 aromatic heterocycles. The van der Waals surface area contributed by atoms with E-state index in [0.717, 1.165) is 47.7 Å². The number of nitrogens with one attached hydrogen (secondary N) is 2. The number of hydrogen-bond acceptors (Lipinski definition) is 5. The minimum atomic E-state index is -0.108. The third-order valence-electron chi connectivity index (χ3n) is 6.04. The fraction of sp³-hybridized carbons (Fsp3) is 0.321. The molecule has 3 aromatic carbocycles. The second-order valence-electron chi connectivity index (χ2n) is 8.72. The maximum absolute atomic E-state index is 12.3. The fourth-order valence-corrected chi connectivity index (χ4v) is 4.15.